The van der Waals surface area contributed by atoms with Gasteiger partial charge in [0.25, 0.3) is 11.8 Å². The van der Waals surface area contributed by atoms with Crippen LogP contribution >= 0.6 is 68.0 Å². The summed E-state index contributed by atoms with van der Waals surface area (Å²) in [6, 6.07) is 21.5. The van der Waals surface area contributed by atoms with Crippen molar-refractivity contribution >= 4 is 103 Å². The summed E-state index contributed by atoms with van der Waals surface area (Å²) < 4.78 is 0. The number of amides is 2. The van der Waals surface area contributed by atoms with Crippen LogP contribution in [-0.4, -0.2) is 21.6 Å². The number of rotatable bonds is 4. The van der Waals surface area contributed by atoms with Gasteiger partial charge in [0.15, 0.2) is 0 Å². The lowest BCUT2D eigenvalue weighted by Crippen LogP contribution is -2.25. The minimum atomic E-state index is -0.138. The van der Waals surface area contributed by atoms with E-state index >= 15 is 0 Å². The van der Waals surface area contributed by atoms with E-state index in [0.29, 0.717) is 22.5 Å². The van der Waals surface area contributed by atoms with Gasteiger partial charge < -0.3 is 0 Å². The number of fused-ring (bicyclic) bond motifs is 7. The summed E-state index contributed by atoms with van der Waals surface area (Å²) >= 11 is 10.3. The number of carbonyl (C=O) groups is 2. The third-order valence-corrected chi connectivity index (χ3v) is 15.1. The summed E-state index contributed by atoms with van der Waals surface area (Å²) in [6.45, 7) is 0. The van der Waals surface area contributed by atoms with Crippen LogP contribution < -0.4 is 0 Å². The van der Waals surface area contributed by atoms with E-state index in [0.717, 1.165) is 30.6 Å². The first kappa shape index (κ1) is 25.4. The van der Waals surface area contributed by atoms with Crippen LogP contribution in [-0.2, 0) is 9.59 Å². The molecule has 2 amide bonds. The Morgan fingerprint density at radius 2 is 0.909 bits per heavy atom. The highest BCUT2D eigenvalue weighted by molar-refractivity contribution is 7.27. The van der Waals surface area contributed by atoms with Gasteiger partial charge in [-0.05, 0) is 82.6 Å². The molecule has 4 aliphatic rings. The van der Waals surface area contributed by atoms with Gasteiger partial charge in [-0.2, -0.15) is 0 Å². The second-order valence-corrected chi connectivity index (χ2v) is 16.7. The summed E-state index contributed by atoms with van der Waals surface area (Å²) in [7, 11) is 0. The largest absolute Gasteiger partial charge is 0.281 e. The molecule has 6 aromatic rings. The Kier molecular flexibility index (Phi) is 5.38. The molecule has 210 valence electrons. The van der Waals surface area contributed by atoms with Crippen molar-refractivity contribution in [1.82, 2.24) is 9.80 Å². The smallest absolute Gasteiger partial charge is 0.265 e. The summed E-state index contributed by atoms with van der Waals surface area (Å²) in [4.78, 5) is 43.1. The monoisotopic (exact) mass is 676 g/mol. The first-order valence-electron chi connectivity index (χ1n) is 13.7. The fourth-order valence-electron chi connectivity index (χ4n) is 6.09. The molecular weight excluding hydrogens is 661 g/mol. The van der Waals surface area contributed by atoms with Gasteiger partial charge in [-0.15, -0.1) is 68.0 Å². The Hall–Kier alpha value is -3.90. The van der Waals surface area contributed by atoms with Crippen LogP contribution in [0.5, 0.6) is 0 Å². The molecule has 0 N–H and O–H groups in total. The van der Waals surface area contributed by atoms with Crippen molar-refractivity contribution < 1.29 is 9.59 Å². The molecule has 4 nitrogen and oxygen atoms in total. The zero-order chi connectivity index (χ0) is 29.1. The predicted octanol–water partition coefficient (Wildman–Crippen LogP) is 10.5. The number of thiophene rings is 6. The van der Waals surface area contributed by atoms with Crippen molar-refractivity contribution in [3.63, 3.8) is 0 Å². The molecule has 0 atom stereocenters. The molecule has 10 rings (SSSR count). The van der Waals surface area contributed by atoms with Crippen LogP contribution in [0.2, 0.25) is 0 Å². The highest BCUT2D eigenvalue weighted by atomic mass is 32.1. The molecule has 0 bridgehead atoms. The van der Waals surface area contributed by atoms with Crippen molar-refractivity contribution in [2.45, 2.75) is 0 Å². The van der Waals surface area contributed by atoms with Gasteiger partial charge in [-0.1, -0.05) is 12.1 Å². The van der Waals surface area contributed by atoms with Crippen molar-refractivity contribution in [1.29, 1.82) is 0 Å². The van der Waals surface area contributed by atoms with Gasteiger partial charge in [0.2, 0.25) is 0 Å². The van der Waals surface area contributed by atoms with E-state index < -0.39 is 0 Å². The second kappa shape index (κ2) is 9.31. The predicted molar refractivity (Wildman–Crippen MR) is 187 cm³/mol. The fourth-order valence-corrected chi connectivity index (χ4v) is 12.3. The average Bonchev–Trinajstić information content (AvgIpc) is 3.88. The minimum absolute atomic E-state index is 0.138. The molecule has 0 unspecified atom stereocenters. The third-order valence-electron chi connectivity index (χ3n) is 8.05. The van der Waals surface area contributed by atoms with Gasteiger partial charge in [-0.25, -0.2) is 0 Å². The van der Waals surface area contributed by atoms with Crippen LogP contribution in [0.3, 0.4) is 0 Å². The van der Waals surface area contributed by atoms with E-state index in [1.807, 2.05) is 24.6 Å². The molecule has 10 heteroatoms. The molecule has 0 saturated carbocycles. The summed E-state index contributed by atoms with van der Waals surface area (Å²) in [5.74, 6) is -0.276. The third kappa shape index (κ3) is 3.52. The van der Waals surface area contributed by atoms with Gasteiger partial charge in [-0.3, -0.25) is 19.4 Å². The highest BCUT2D eigenvalue weighted by Crippen LogP contribution is 2.55. The van der Waals surface area contributed by atoms with E-state index in [2.05, 4.69) is 71.4 Å². The van der Waals surface area contributed by atoms with Crippen LogP contribution in [0, 0.1) is 0 Å². The highest BCUT2D eigenvalue weighted by Gasteiger charge is 2.50. The molecule has 0 aliphatic carbocycles. The molecular formula is C34H16N2O2S6. The maximum atomic E-state index is 14.1. The van der Waals surface area contributed by atoms with Crippen molar-refractivity contribution in [3.05, 3.63) is 116 Å². The minimum Gasteiger partial charge on any atom is -0.281 e. The number of hydrogen-bond acceptors (Lipinski definition) is 8. The SMILES string of the molecule is O=C1C2=C3c4sc(-c5ccc(-c6cccs6)s5)cc4C=CN3C(=O)C2=C2c3sc(-c4ccc(-c5cccs5)s4)cc3C=CN12. The van der Waals surface area contributed by atoms with Gasteiger partial charge in [0.05, 0.1) is 32.3 Å². The van der Waals surface area contributed by atoms with Gasteiger partial charge >= 0.3 is 0 Å². The normalized spacial score (nSPS) is 16.3. The van der Waals surface area contributed by atoms with Crippen LogP contribution in [0.25, 0.3) is 62.6 Å². The van der Waals surface area contributed by atoms with Gasteiger partial charge in [0, 0.05) is 51.4 Å². The Bertz CT molecular complexity index is 2170. The van der Waals surface area contributed by atoms with E-state index in [9.17, 15) is 9.59 Å². The standard InChI is InChI=1S/C34H16N2O2S6/c37-33-27-28(30-32-18(10-12-36(30)33)16-26(44-32)24-8-6-22(42-24)20-4-2-14-40-20)34(38)35-11-9-17-15-25(43-31(17)29(27)35)23-7-5-21(41-23)19-3-1-13-39-19/h1-16H. The molecule has 0 saturated heterocycles. The lowest BCUT2D eigenvalue weighted by atomic mass is 10.0. The van der Waals surface area contributed by atoms with Crippen molar-refractivity contribution in [2.24, 2.45) is 0 Å². The molecule has 6 aromatic heterocycles. The van der Waals surface area contributed by atoms with E-state index in [1.54, 1.807) is 77.8 Å². The number of nitrogens with zero attached hydrogens (tertiary/aromatic N) is 2. The van der Waals surface area contributed by atoms with Crippen molar-refractivity contribution in [3.8, 4) is 39.0 Å². The molecule has 4 aliphatic heterocycles. The quantitative estimate of drug-likeness (QED) is 0.186. The summed E-state index contributed by atoms with van der Waals surface area (Å²) in [5, 5.41) is 4.20. The fraction of sp³-hybridized carbons (Fsp3) is 0. The van der Waals surface area contributed by atoms with E-state index in [4.69, 9.17) is 0 Å². The summed E-state index contributed by atoms with van der Waals surface area (Å²) in [5.41, 5.74) is 4.54. The van der Waals surface area contributed by atoms with E-state index in [-0.39, 0.29) is 11.8 Å². The Labute approximate surface area is 275 Å². The van der Waals surface area contributed by atoms with Crippen LogP contribution in [0.1, 0.15) is 20.9 Å². The molecule has 0 radical (unpaired) electrons. The molecule has 0 aromatic carbocycles. The molecule has 0 spiro atoms. The summed E-state index contributed by atoms with van der Waals surface area (Å²) in [6.07, 6.45) is 7.65. The maximum absolute atomic E-state index is 14.1. The first-order valence-corrected chi connectivity index (χ1v) is 18.7. The van der Waals surface area contributed by atoms with E-state index in [1.165, 1.54) is 29.3 Å². The zero-order valence-electron chi connectivity index (χ0n) is 22.4. The molecule has 0 fully saturated rings. The molecule has 44 heavy (non-hydrogen) atoms. The van der Waals surface area contributed by atoms with Crippen LogP contribution in [0.4, 0.5) is 0 Å². The topological polar surface area (TPSA) is 40.6 Å². The average molecular weight is 677 g/mol. The lowest BCUT2D eigenvalue weighted by molar-refractivity contribution is -0.122. The first-order chi connectivity index (χ1) is 21.6. The lowest BCUT2D eigenvalue weighted by Gasteiger charge is -2.24. The zero-order valence-corrected chi connectivity index (χ0v) is 27.3. The molecule has 10 heterocycles. The van der Waals surface area contributed by atoms with Gasteiger partial charge in [0.1, 0.15) is 0 Å². The second-order valence-electron chi connectivity index (χ2n) is 10.5. The Morgan fingerprint density at radius 3 is 1.32 bits per heavy atom. The Morgan fingerprint density at radius 1 is 0.477 bits per heavy atom. The maximum Gasteiger partial charge on any atom is 0.265 e. The number of carbonyl (C=O) groups excluding carboxylic acids is 2. The number of hydrogen-bond donors (Lipinski definition) is 0. The Balaban J connectivity index is 1.08. The van der Waals surface area contributed by atoms with Crippen molar-refractivity contribution in [2.75, 3.05) is 0 Å². The van der Waals surface area contributed by atoms with Crippen LogP contribution in [0.15, 0.2) is 95.0 Å².